The molecular formula is C15H19BrClNO. The van der Waals surface area contributed by atoms with Gasteiger partial charge in [-0.15, -0.1) is 11.6 Å². The van der Waals surface area contributed by atoms with E-state index in [0.717, 1.165) is 34.9 Å². The van der Waals surface area contributed by atoms with Crippen LogP contribution in [-0.2, 0) is 0 Å². The number of halogens is 2. The van der Waals surface area contributed by atoms with Crippen LogP contribution in [0.25, 0.3) is 0 Å². The number of hydrogen-bond donors (Lipinski definition) is 0. The van der Waals surface area contributed by atoms with Crippen LogP contribution in [0.1, 0.15) is 41.6 Å². The molecule has 0 saturated heterocycles. The first-order valence-electron chi connectivity index (χ1n) is 6.68. The zero-order chi connectivity index (χ0) is 14.0. The Kier molecular flexibility index (Phi) is 4.91. The van der Waals surface area contributed by atoms with Crippen LogP contribution >= 0.6 is 27.5 Å². The molecule has 4 heteroatoms. The predicted molar refractivity (Wildman–Crippen MR) is 82.9 cm³/mol. The summed E-state index contributed by atoms with van der Waals surface area (Å²) in [5.74, 6) is 0.0661. The Bertz CT molecular complexity index is 477. The van der Waals surface area contributed by atoms with Gasteiger partial charge >= 0.3 is 0 Å². The van der Waals surface area contributed by atoms with E-state index in [9.17, 15) is 4.79 Å². The fourth-order valence-corrected chi connectivity index (χ4v) is 3.48. The second kappa shape index (κ2) is 6.27. The number of alkyl halides is 1. The van der Waals surface area contributed by atoms with Crippen LogP contribution in [-0.4, -0.2) is 29.3 Å². The van der Waals surface area contributed by atoms with Gasteiger partial charge in [0, 0.05) is 23.1 Å². The van der Waals surface area contributed by atoms with Crippen molar-refractivity contribution in [2.45, 2.75) is 44.0 Å². The summed E-state index contributed by atoms with van der Waals surface area (Å²) >= 11 is 9.80. The molecule has 1 amide bonds. The van der Waals surface area contributed by atoms with E-state index in [4.69, 9.17) is 11.6 Å². The molecule has 1 fully saturated rings. The van der Waals surface area contributed by atoms with Crippen LogP contribution < -0.4 is 0 Å². The molecule has 0 radical (unpaired) electrons. The molecule has 1 aliphatic rings. The van der Waals surface area contributed by atoms with Crippen LogP contribution in [0.3, 0.4) is 0 Å². The first-order valence-corrected chi connectivity index (χ1v) is 7.91. The summed E-state index contributed by atoms with van der Waals surface area (Å²) in [6.45, 7) is 1.96. The molecule has 1 saturated carbocycles. The second-order valence-electron chi connectivity index (χ2n) is 5.24. The standard InChI is InChI=1S/C15H19BrClNO/c1-10-7-8-11(16)9-12(10)15(19)18(2)14-6-4-3-5-13(14)17/h7-9,13-14H,3-6H2,1-2H3. The largest absolute Gasteiger partial charge is 0.337 e. The van der Waals surface area contributed by atoms with Gasteiger partial charge in [0.15, 0.2) is 0 Å². The highest BCUT2D eigenvalue weighted by molar-refractivity contribution is 9.10. The Morgan fingerprint density at radius 2 is 2.05 bits per heavy atom. The molecule has 2 unspecified atom stereocenters. The van der Waals surface area contributed by atoms with Gasteiger partial charge in [0.05, 0.1) is 5.38 Å². The fraction of sp³-hybridized carbons (Fsp3) is 0.533. The Morgan fingerprint density at radius 1 is 1.37 bits per heavy atom. The predicted octanol–water partition coefficient (Wildman–Crippen LogP) is 4.38. The normalized spacial score (nSPS) is 23.2. The monoisotopic (exact) mass is 343 g/mol. The smallest absolute Gasteiger partial charge is 0.254 e. The quantitative estimate of drug-likeness (QED) is 0.729. The topological polar surface area (TPSA) is 20.3 Å². The molecule has 2 atom stereocenters. The summed E-state index contributed by atoms with van der Waals surface area (Å²) in [5.41, 5.74) is 1.76. The number of amides is 1. The molecule has 0 aromatic heterocycles. The van der Waals surface area contributed by atoms with Gasteiger partial charge in [-0.3, -0.25) is 4.79 Å². The van der Waals surface area contributed by atoms with E-state index >= 15 is 0 Å². The molecule has 0 bridgehead atoms. The van der Waals surface area contributed by atoms with Gasteiger partial charge < -0.3 is 4.90 Å². The van der Waals surface area contributed by atoms with Gasteiger partial charge in [-0.25, -0.2) is 0 Å². The van der Waals surface area contributed by atoms with E-state index in [-0.39, 0.29) is 17.3 Å². The molecule has 2 rings (SSSR count). The zero-order valence-corrected chi connectivity index (χ0v) is 13.7. The van der Waals surface area contributed by atoms with Gasteiger partial charge in [0.1, 0.15) is 0 Å². The lowest BCUT2D eigenvalue weighted by atomic mass is 9.93. The first kappa shape index (κ1) is 14.9. The van der Waals surface area contributed by atoms with Gasteiger partial charge in [-0.05, 0) is 37.5 Å². The summed E-state index contributed by atoms with van der Waals surface area (Å²) in [4.78, 5) is 14.4. The van der Waals surface area contributed by atoms with Crippen molar-refractivity contribution in [3.8, 4) is 0 Å². The number of carbonyl (C=O) groups is 1. The summed E-state index contributed by atoms with van der Waals surface area (Å²) in [6.07, 6.45) is 4.33. The maximum absolute atomic E-state index is 12.6. The molecule has 2 nitrogen and oxygen atoms in total. The van der Waals surface area contributed by atoms with Gasteiger partial charge in [-0.2, -0.15) is 0 Å². The van der Waals surface area contributed by atoms with Gasteiger partial charge in [0.25, 0.3) is 5.91 Å². The van der Waals surface area contributed by atoms with Crippen molar-refractivity contribution in [1.29, 1.82) is 0 Å². The van der Waals surface area contributed by atoms with Crippen molar-refractivity contribution in [1.82, 2.24) is 4.90 Å². The lowest BCUT2D eigenvalue weighted by Crippen LogP contribution is -2.44. The maximum atomic E-state index is 12.6. The van der Waals surface area contributed by atoms with Crippen LogP contribution in [0.5, 0.6) is 0 Å². The Hall–Kier alpha value is -0.540. The highest BCUT2D eigenvalue weighted by Crippen LogP contribution is 2.28. The van der Waals surface area contributed by atoms with Crippen molar-refractivity contribution in [2.75, 3.05) is 7.05 Å². The molecule has 0 N–H and O–H groups in total. The molecule has 1 aliphatic carbocycles. The molecular weight excluding hydrogens is 326 g/mol. The summed E-state index contributed by atoms with van der Waals surface area (Å²) in [7, 11) is 1.87. The summed E-state index contributed by atoms with van der Waals surface area (Å²) < 4.78 is 0.931. The zero-order valence-electron chi connectivity index (χ0n) is 11.3. The molecule has 104 valence electrons. The maximum Gasteiger partial charge on any atom is 0.254 e. The number of nitrogens with zero attached hydrogens (tertiary/aromatic N) is 1. The number of rotatable bonds is 2. The third kappa shape index (κ3) is 3.32. The number of carbonyl (C=O) groups excluding carboxylic acids is 1. The number of hydrogen-bond acceptors (Lipinski definition) is 1. The summed E-state index contributed by atoms with van der Waals surface area (Å²) in [6, 6.07) is 5.96. The summed E-state index contributed by atoms with van der Waals surface area (Å²) in [5, 5.41) is 0.0789. The van der Waals surface area contributed by atoms with E-state index in [1.807, 2.05) is 37.1 Å². The third-order valence-electron chi connectivity index (χ3n) is 3.90. The molecule has 1 aromatic rings. The molecule has 0 heterocycles. The van der Waals surface area contributed by atoms with Crippen molar-refractivity contribution in [3.63, 3.8) is 0 Å². The van der Waals surface area contributed by atoms with Crippen molar-refractivity contribution >= 4 is 33.4 Å². The number of benzene rings is 1. The Labute approximate surface area is 128 Å². The average Bonchev–Trinajstić information content (AvgIpc) is 2.40. The molecule has 0 aliphatic heterocycles. The minimum atomic E-state index is 0.0661. The number of aryl methyl sites for hydroxylation is 1. The molecule has 1 aromatic carbocycles. The third-order valence-corrected chi connectivity index (χ3v) is 4.90. The fourth-order valence-electron chi connectivity index (χ4n) is 2.67. The van der Waals surface area contributed by atoms with Gasteiger partial charge in [-0.1, -0.05) is 34.8 Å². The minimum absolute atomic E-state index is 0.0661. The Balaban J connectivity index is 2.20. The SMILES string of the molecule is Cc1ccc(Br)cc1C(=O)N(C)C1CCCCC1Cl. The van der Waals surface area contributed by atoms with Crippen molar-refractivity contribution in [3.05, 3.63) is 33.8 Å². The van der Waals surface area contributed by atoms with Crippen LogP contribution in [0, 0.1) is 6.92 Å². The Morgan fingerprint density at radius 3 is 2.74 bits per heavy atom. The van der Waals surface area contributed by atoms with Crippen LogP contribution in [0.2, 0.25) is 0 Å². The van der Waals surface area contributed by atoms with E-state index < -0.39 is 0 Å². The van der Waals surface area contributed by atoms with Crippen molar-refractivity contribution in [2.24, 2.45) is 0 Å². The lowest BCUT2D eigenvalue weighted by molar-refractivity contribution is 0.0699. The highest BCUT2D eigenvalue weighted by Gasteiger charge is 2.30. The van der Waals surface area contributed by atoms with E-state index in [2.05, 4.69) is 15.9 Å². The minimum Gasteiger partial charge on any atom is -0.337 e. The first-order chi connectivity index (χ1) is 9.00. The van der Waals surface area contributed by atoms with Crippen LogP contribution in [0.15, 0.2) is 22.7 Å². The second-order valence-corrected chi connectivity index (χ2v) is 6.72. The van der Waals surface area contributed by atoms with E-state index in [1.165, 1.54) is 6.42 Å². The average molecular weight is 345 g/mol. The van der Waals surface area contributed by atoms with Gasteiger partial charge in [0.2, 0.25) is 0 Å². The van der Waals surface area contributed by atoms with Crippen molar-refractivity contribution < 1.29 is 4.79 Å². The lowest BCUT2D eigenvalue weighted by Gasteiger charge is -2.35. The molecule has 0 spiro atoms. The molecule has 19 heavy (non-hydrogen) atoms. The highest BCUT2D eigenvalue weighted by atomic mass is 79.9. The van der Waals surface area contributed by atoms with Crippen LogP contribution in [0.4, 0.5) is 0 Å². The van der Waals surface area contributed by atoms with E-state index in [0.29, 0.717) is 0 Å². The van der Waals surface area contributed by atoms with E-state index in [1.54, 1.807) is 0 Å².